The number of isocyanates is 1. The van der Waals surface area contributed by atoms with Crippen LogP contribution in [0, 0.1) is 6.92 Å². The first-order valence-corrected chi connectivity index (χ1v) is 4.14. The van der Waals surface area contributed by atoms with E-state index in [-0.39, 0.29) is 5.75 Å². The number of hydrogen-bond donors (Lipinski definition) is 0. The monoisotopic (exact) mass is 213 g/mol. The lowest BCUT2D eigenvalue weighted by atomic mass is 10.1. The molecule has 0 aliphatic carbocycles. The fourth-order valence-electron chi connectivity index (χ4n) is 1.28. The molecule has 5 heteroatoms. The summed E-state index contributed by atoms with van der Waals surface area (Å²) in [6.45, 7) is 1.63. The second kappa shape index (κ2) is 4.19. The van der Waals surface area contributed by atoms with E-state index in [1.54, 1.807) is 13.0 Å². The summed E-state index contributed by atoms with van der Waals surface area (Å²) in [5.41, 5.74) is 0.115. The Morgan fingerprint density at radius 1 is 1.47 bits per heavy atom. The number of hydrogen-bond acceptors (Lipinski definition) is 3. The molecule has 0 aliphatic heterocycles. The lowest BCUT2D eigenvalue weighted by molar-refractivity contribution is 0.00381. The van der Waals surface area contributed by atoms with E-state index in [4.69, 9.17) is 4.74 Å². The minimum atomic E-state index is -3.60. The number of aliphatic imine (C=N–C) groups is 1. The smallest absolute Gasteiger partial charge is 0.382 e. The van der Waals surface area contributed by atoms with Crippen LogP contribution in [0.1, 0.15) is 11.1 Å². The molecule has 0 atom stereocenters. The second-order valence-electron chi connectivity index (χ2n) is 2.90. The van der Waals surface area contributed by atoms with E-state index in [9.17, 15) is 13.6 Å². The standard InChI is InChI=1S/C10H9F2NO2/c1-7-4-3-5-8(9(7)15-2)10(11,12)13-6-14/h3-5H,1-2H3. The number of alkyl halides is 2. The zero-order valence-electron chi connectivity index (χ0n) is 8.25. The highest BCUT2D eigenvalue weighted by Gasteiger charge is 2.34. The molecule has 1 rings (SSSR count). The first-order valence-electron chi connectivity index (χ1n) is 4.14. The van der Waals surface area contributed by atoms with Crippen LogP contribution in [0.2, 0.25) is 0 Å². The van der Waals surface area contributed by atoms with Gasteiger partial charge >= 0.3 is 6.05 Å². The highest BCUT2D eigenvalue weighted by atomic mass is 19.3. The van der Waals surface area contributed by atoms with Crippen molar-refractivity contribution in [2.75, 3.05) is 7.11 Å². The quantitative estimate of drug-likeness (QED) is 0.439. The molecule has 0 bridgehead atoms. The maximum Gasteiger partial charge on any atom is 0.382 e. The molecular weight excluding hydrogens is 204 g/mol. The molecule has 3 nitrogen and oxygen atoms in total. The average Bonchev–Trinajstić information content (AvgIpc) is 2.17. The number of methoxy groups -OCH3 is 1. The summed E-state index contributed by atoms with van der Waals surface area (Å²) in [5, 5.41) is 0. The summed E-state index contributed by atoms with van der Waals surface area (Å²) in [4.78, 5) is 12.3. The Bertz CT molecular complexity index is 412. The first kappa shape index (κ1) is 11.3. The maximum absolute atomic E-state index is 13.3. The van der Waals surface area contributed by atoms with E-state index in [0.29, 0.717) is 5.56 Å². The van der Waals surface area contributed by atoms with Crippen LogP contribution < -0.4 is 4.74 Å². The van der Waals surface area contributed by atoms with Crippen molar-refractivity contribution in [2.45, 2.75) is 13.0 Å². The van der Waals surface area contributed by atoms with Gasteiger partial charge in [0.25, 0.3) is 0 Å². The Balaban J connectivity index is 3.36. The molecular formula is C10H9F2NO2. The van der Waals surface area contributed by atoms with Crippen LogP contribution in [-0.2, 0) is 10.8 Å². The largest absolute Gasteiger partial charge is 0.496 e. The van der Waals surface area contributed by atoms with Gasteiger partial charge in [0.15, 0.2) is 0 Å². The number of halogens is 2. The zero-order chi connectivity index (χ0) is 11.5. The predicted octanol–water partition coefficient (Wildman–Crippen LogP) is 2.39. The Hall–Kier alpha value is -1.74. The van der Waals surface area contributed by atoms with Gasteiger partial charge in [0.1, 0.15) is 5.75 Å². The summed E-state index contributed by atoms with van der Waals surface area (Å²) in [6.07, 6.45) is 0.847. The van der Waals surface area contributed by atoms with Gasteiger partial charge in [-0.25, -0.2) is 4.79 Å². The van der Waals surface area contributed by atoms with Crippen molar-refractivity contribution in [2.24, 2.45) is 4.99 Å². The molecule has 0 radical (unpaired) electrons. The van der Waals surface area contributed by atoms with E-state index in [0.717, 1.165) is 12.1 Å². The van der Waals surface area contributed by atoms with Crippen LogP contribution in [0.3, 0.4) is 0 Å². The summed E-state index contributed by atoms with van der Waals surface area (Å²) in [7, 11) is 1.28. The zero-order valence-corrected chi connectivity index (χ0v) is 8.25. The molecule has 0 fully saturated rings. The average molecular weight is 213 g/mol. The minimum Gasteiger partial charge on any atom is -0.496 e. The molecule has 0 N–H and O–H groups in total. The topological polar surface area (TPSA) is 38.7 Å². The van der Waals surface area contributed by atoms with Gasteiger partial charge in [-0.3, -0.25) is 0 Å². The molecule has 1 aromatic rings. The Labute approximate surface area is 85.4 Å². The fourth-order valence-corrected chi connectivity index (χ4v) is 1.28. The number of ether oxygens (including phenoxy) is 1. The van der Waals surface area contributed by atoms with Gasteiger partial charge in [0.05, 0.1) is 12.7 Å². The number of nitrogens with zero attached hydrogens (tertiary/aromatic N) is 1. The number of rotatable bonds is 3. The Morgan fingerprint density at radius 3 is 2.67 bits per heavy atom. The molecule has 0 heterocycles. The molecule has 0 saturated carbocycles. The molecule has 0 amide bonds. The molecule has 0 spiro atoms. The van der Waals surface area contributed by atoms with Crippen LogP contribution in [0.5, 0.6) is 5.75 Å². The minimum absolute atomic E-state index is 0.0292. The highest BCUT2D eigenvalue weighted by Crippen LogP contribution is 2.37. The summed E-state index contributed by atoms with van der Waals surface area (Å²) < 4.78 is 31.4. The number of benzene rings is 1. The number of para-hydroxylation sites is 1. The van der Waals surface area contributed by atoms with Crippen molar-refractivity contribution in [3.8, 4) is 5.75 Å². The molecule has 15 heavy (non-hydrogen) atoms. The third-order valence-corrected chi connectivity index (χ3v) is 1.93. The van der Waals surface area contributed by atoms with Crippen molar-refractivity contribution < 1.29 is 18.3 Å². The lowest BCUT2D eigenvalue weighted by Crippen LogP contribution is -2.11. The third kappa shape index (κ3) is 2.19. The second-order valence-corrected chi connectivity index (χ2v) is 2.90. The van der Waals surface area contributed by atoms with Crippen LogP contribution in [0.15, 0.2) is 23.2 Å². The van der Waals surface area contributed by atoms with Crippen LogP contribution in [0.4, 0.5) is 8.78 Å². The summed E-state index contributed by atoms with van der Waals surface area (Å²) >= 11 is 0. The highest BCUT2D eigenvalue weighted by molar-refractivity contribution is 5.45. The normalized spacial score (nSPS) is 10.7. The molecule has 80 valence electrons. The van der Waals surface area contributed by atoms with E-state index < -0.39 is 11.6 Å². The summed E-state index contributed by atoms with van der Waals surface area (Å²) in [5.74, 6) is 0.0292. The number of carbonyl (C=O) groups excluding carboxylic acids is 1. The van der Waals surface area contributed by atoms with E-state index in [1.807, 2.05) is 0 Å². The van der Waals surface area contributed by atoms with Gasteiger partial charge in [-0.15, -0.1) is 4.99 Å². The van der Waals surface area contributed by atoms with Gasteiger partial charge in [-0.2, -0.15) is 8.78 Å². The first-order chi connectivity index (χ1) is 7.03. The summed E-state index contributed by atoms with van der Waals surface area (Å²) in [6, 6.07) is 0.635. The molecule has 0 aromatic heterocycles. The van der Waals surface area contributed by atoms with Crippen LogP contribution in [-0.4, -0.2) is 13.2 Å². The van der Waals surface area contributed by atoms with Crippen LogP contribution >= 0.6 is 0 Å². The SMILES string of the molecule is COc1c(C)cccc1C(F)(F)N=C=O. The molecule has 1 aromatic carbocycles. The van der Waals surface area contributed by atoms with Gasteiger partial charge < -0.3 is 4.74 Å². The van der Waals surface area contributed by atoms with Crippen molar-refractivity contribution in [3.05, 3.63) is 29.3 Å². The molecule has 0 unspecified atom stereocenters. The van der Waals surface area contributed by atoms with Gasteiger partial charge in [0.2, 0.25) is 6.08 Å². The molecule has 0 aliphatic rings. The maximum atomic E-state index is 13.3. The number of aryl methyl sites for hydroxylation is 1. The van der Waals surface area contributed by atoms with Crippen molar-refractivity contribution in [3.63, 3.8) is 0 Å². The molecule has 0 saturated heterocycles. The van der Waals surface area contributed by atoms with Crippen molar-refractivity contribution >= 4 is 6.08 Å². The fraction of sp³-hybridized carbons (Fsp3) is 0.300. The van der Waals surface area contributed by atoms with Gasteiger partial charge in [-0.05, 0) is 18.6 Å². The van der Waals surface area contributed by atoms with Crippen molar-refractivity contribution in [1.29, 1.82) is 0 Å². The lowest BCUT2D eigenvalue weighted by Gasteiger charge is -2.15. The van der Waals surface area contributed by atoms with Gasteiger partial charge in [0, 0.05) is 0 Å². The Kier molecular flexibility index (Phi) is 3.17. The third-order valence-electron chi connectivity index (χ3n) is 1.93. The van der Waals surface area contributed by atoms with Gasteiger partial charge in [-0.1, -0.05) is 12.1 Å². The van der Waals surface area contributed by atoms with E-state index in [1.165, 1.54) is 13.2 Å². The Morgan fingerprint density at radius 2 is 2.13 bits per heavy atom. The van der Waals surface area contributed by atoms with E-state index in [2.05, 4.69) is 4.99 Å². The predicted molar refractivity (Wildman–Crippen MR) is 49.7 cm³/mol. The van der Waals surface area contributed by atoms with Crippen molar-refractivity contribution in [1.82, 2.24) is 0 Å². The van der Waals surface area contributed by atoms with Crippen LogP contribution in [0.25, 0.3) is 0 Å². The van der Waals surface area contributed by atoms with E-state index >= 15 is 0 Å².